The van der Waals surface area contributed by atoms with E-state index in [1.807, 2.05) is 17.0 Å². The molecular formula is C20H30N2O3. The minimum Gasteiger partial charge on any atom is -0.493 e. The molecule has 0 saturated carbocycles. The van der Waals surface area contributed by atoms with Crippen LogP contribution in [0.25, 0.3) is 0 Å². The van der Waals surface area contributed by atoms with Crippen molar-refractivity contribution in [3.05, 3.63) is 23.3 Å². The van der Waals surface area contributed by atoms with Gasteiger partial charge in [0.05, 0.1) is 20.8 Å². The first-order valence-corrected chi connectivity index (χ1v) is 9.24. The Labute approximate surface area is 150 Å². The predicted octanol–water partition coefficient (Wildman–Crippen LogP) is 2.57. The molecule has 2 aliphatic heterocycles. The van der Waals surface area contributed by atoms with E-state index in [1.165, 1.54) is 12.0 Å². The summed E-state index contributed by atoms with van der Waals surface area (Å²) in [6.45, 7) is 8.61. The Bertz CT molecular complexity index is 622. The average Bonchev–Trinajstić information content (AvgIpc) is 2.58. The molecule has 1 fully saturated rings. The molecule has 0 bridgehead atoms. The predicted molar refractivity (Wildman–Crippen MR) is 98.1 cm³/mol. The standard InChI is InChI=1S/C20H30N2O3/c1-14-7-15(2)11-21(10-14)13-20(23)22-6-5-16-8-18(24-3)19(25-4)9-17(16)12-22/h8-9,14-15H,5-7,10-13H2,1-4H3. The van der Waals surface area contributed by atoms with Crippen molar-refractivity contribution < 1.29 is 14.3 Å². The Morgan fingerprint density at radius 1 is 1.08 bits per heavy atom. The lowest BCUT2D eigenvalue weighted by atomic mass is 9.92. The van der Waals surface area contributed by atoms with Gasteiger partial charge in [-0.15, -0.1) is 0 Å². The fraction of sp³-hybridized carbons (Fsp3) is 0.650. The normalized spacial score (nSPS) is 23.9. The number of benzene rings is 1. The number of amides is 1. The number of carbonyl (C=O) groups is 1. The Morgan fingerprint density at radius 3 is 2.28 bits per heavy atom. The van der Waals surface area contributed by atoms with E-state index < -0.39 is 0 Å². The van der Waals surface area contributed by atoms with Crippen LogP contribution in [0.15, 0.2) is 12.1 Å². The third kappa shape index (κ3) is 4.09. The van der Waals surface area contributed by atoms with Crippen LogP contribution in [-0.4, -0.2) is 56.1 Å². The number of methoxy groups -OCH3 is 2. The van der Waals surface area contributed by atoms with Crippen molar-refractivity contribution >= 4 is 5.91 Å². The van der Waals surface area contributed by atoms with Crippen molar-refractivity contribution in [3.63, 3.8) is 0 Å². The zero-order valence-corrected chi connectivity index (χ0v) is 15.9. The molecule has 0 radical (unpaired) electrons. The summed E-state index contributed by atoms with van der Waals surface area (Å²) in [5, 5.41) is 0. The van der Waals surface area contributed by atoms with Crippen LogP contribution in [0.4, 0.5) is 0 Å². The first-order chi connectivity index (χ1) is 12.0. The molecule has 1 amide bonds. The second kappa shape index (κ2) is 7.65. The third-order valence-electron chi connectivity index (χ3n) is 5.37. The van der Waals surface area contributed by atoms with Crippen LogP contribution in [-0.2, 0) is 17.8 Å². The van der Waals surface area contributed by atoms with E-state index in [0.717, 1.165) is 43.1 Å². The van der Waals surface area contributed by atoms with Gasteiger partial charge in [-0.3, -0.25) is 9.69 Å². The first kappa shape index (κ1) is 18.1. The molecule has 2 atom stereocenters. The minimum atomic E-state index is 0.238. The van der Waals surface area contributed by atoms with Crippen molar-refractivity contribution in [2.75, 3.05) is 40.4 Å². The van der Waals surface area contributed by atoms with E-state index in [2.05, 4.69) is 18.7 Å². The highest BCUT2D eigenvalue weighted by Crippen LogP contribution is 2.33. The number of piperidine rings is 1. The monoisotopic (exact) mass is 346 g/mol. The van der Waals surface area contributed by atoms with Crippen molar-refractivity contribution in [1.82, 2.24) is 9.80 Å². The second-order valence-corrected chi connectivity index (χ2v) is 7.68. The summed E-state index contributed by atoms with van der Waals surface area (Å²) in [4.78, 5) is 17.1. The molecule has 2 heterocycles. The van der Waals surface area contributed by atoms with Gasteiger partial charge in [-0.05, 0) is 47.9 Å². The number of fused-ring (bicyclic) bond motifs is 1. The number of nitrogens with zero attached hydrogens (tertiary/aromatic N) is 2. The van der Waals surface area contributed by atoms with Crippen LogP contribution in [0.3, 0.4) is 0 Å². The van der Waals surface area contributed by atoms with Gasteiger partial charge in [-0.1, -0.05) is 13.8 Å². The van der Waals surface area contributed by atoms with Gasteiger partial charge in [-0.2, -0.15) is 0 Å². The van der Waals surface area contributed by atoms with Gasteiger partial charge in [0.15, 0.2) is 11.5 Å². The van der Waals surface area contributed by atoms with Gasteiger partial charge in [0.2, 0.25) is 5.91 Å². The molecule has 0 aliphatic carbocycles. The number of hydrogen-bond donors (Lipinski definition) is 0. The topological polar surface area (TPSA) is 42.0 Å². The molecule has 1 aromatic carbocycles. The highest BCUT2D eigenvalue weighted by molar-refractivity contribution is 5.78. The fourth-order valence-electron chi connectivity index (χ4n) is 4.31. The molecule has 138 valence electrons. The second-order valence-electron chi connectivity index (χ2n) is 7.68. The Morgan fingerprint density at radius 2 is 1.68 bits per heavy atom. The van der Waals surface area contributed by atoms with Crippen LogP contribution in [0.2, 0.25) is 0 Å². The SMILES string of the molecule is COc1cc2c(cc1OC)CN(C(=O)CN1CC(C)CC(C)C1)CC2. The van der Waals surface area contributed by atoms with Gasteiger partial charge in [-0.25, -0.2) is 0 Å². The summed E-state index contributed by atoms with van der Waals surface area (Å²) in [7, 11) is 3.30. The highest BCUT2D eigenvalue weighted by Gasteiger charge is 2.27. The molecule has 0 N–H and O–H groups in total. The smallest absolute Gasteiger partial charge is 0.237 e. The van der Waals surface area contributed by atoms with E-state index >= 15 is 0 Å². The van der Waals surface area contributed by atoms with E-state index in [-0.39, 0.29) is 5.91 Å². The molecular weight excluding hydrogens is 316 g/mol. The van der Waals surface area contributed by atoms with Crippen LogP contribution in [0.5, 0.6) is 11.5 Å². The Hall–Kier alpha value is -1.75. The molecule has 3 rings (SSSR count). The quantitative estimate of drug-likeness (QED) is 0.840. The van der Waals surface area contributed by atoms with Gasteiger partial charge >= 0.3 is 0 Å². The molecule has 2 aliphatic rings. The number of ether oxygens (including phenoxy) is 2. The van der Waals surface area contributed by atoms with Crippen molar-refractivity contribution in [1.29, 1.82) is 0 Å². The summed E-state index contributed by atoms with van der Waals surface area (Å²) >= 11 is 0. The van der Waals surface area contributed by atoms with E-state index in [4.69, 9.17) is 9.47 Å². The summed E-state index contributed by atoms with van der Waals surface area (Å²) in [5.41, 5.74) is 2.42. The van der Waals surface area contributed by atoms with Crippen molar-refractivity contribution in [2.45, 2.75) is 33.2 Å². The molecule has 25 heavy (non-hydrogen) atoms. The summed E-state index contributed by atoms with van der Waals surface area (Å²) < 4.78 is 10.8. The molecule has 5 heteroatoms. The molecule has 1 aromatic rings. The summed E-state index contributed by atoms with van der Waals surface area (Å²) in [6, 6.07) is 4.06. The summed E-state index contributed by atoms with van der Waals surface area (Å²) in [6.07, 6.45) is 2.14. The van der Waals surface area contributed by atoms with E-state index in [9.17, 15) is 4.79 Å². The maximum Gasteiger partial charge on any atom is 0.237 e. The van der Waals surface area contributed by atoms with Gasteiger partial charge in [0, 0.05) is 26.2 Å². The van der Waals surface area contributed by atoms with Crippen molar-refractivity contribution in [3.8, 4) is 11.5 Å². The minimum absolute atomic E-state index is 0.238. The lowest BCUT2D eigenvalue weighted by Crippen LogP contribution is -2.47. The average molecular weight is 346 g/mol. The van der Waals surface area contributed by atoms with Gasteiger partial charge < -0.3 is 14.4 Å². The largest absolute Gasteiger partial charge is 0.493 e. The molecule has 1 saturated heterocycles. The maximum absolute atomic E-state index is 12.8. The van der Waals surface area contributed by atoms with Crippen LogP contribution < -0.4 is 9.47 Å². The number of rotatable bonds is 4. The van der Waals surface area contributed by atoms with Crippen LogP contribution in [0, 0.1) is 11.8 Å². The molecule has 5 nitrogen and oxygen atoms in total. The summed E-state index contributed by atoms with van der Waals surface area (Å²) in [5.74, 6) is 3.08. The molecule has 0 aromatic heterocycles. The Kier molecular flexibility index (Phi) is 5.52. The van der Waals surface area contributed by atoms with Gasteiger partial charge in [0.1, 0.15) is 0 Å². The highest BCUT2D eigenvalue weighted by atomic mass is 16.5. The van der Waals surface area contributed by atoms with Crippen LogP contribution in [0.1, 0.15) is 31.4 Å². The van der Waals surface area contributed by atoms with E-state index in [1.54, 1.807) is 14.2 Å². The van der Waals surface area contributed by atoms with E-state index in [0.29, 0.717) is 24.9 Å². The number of carbonyl (C=O) groups excluding carboxylic acids is 1. The number of likely N-dealkylation sites (tertiary alicyclic amines) is 1. The van der Waals surface area contributed by atoms with Gasteiger partial charge in [0.25, 0.3) is 0 Å². The lowest BCUT2D eigenvalue weighted by molar-refractivity contribution is -0.134. The maximum atomic E-state index is 12.8. The number of hydrogen-bond acceptors (Lipinski definition) is 4. The molecule has 0 spiro atoms. The lowest BCUT2D eigenvalue weighted by Gasteiger charge is -2.36. The first-order valence-electron chi connectivity index (χ1n) is 9.24. The van der Waals surface area contributed by atoms with Crippen molar-refractivity contribution in [2.24, 2.45) is 11.8 Å². The van der Waals surface area contributed by atoms with Crippen LogP contribution >= 0.6 is 0 Å². The molecule has 2 unspecified atom stereocenters. The Balaban J connectivity index is 1.66. The zero-order chi connectivity index (χ0) is 18.0. The fourth-order valence-corrected chi connectivity index (χ4v) is 4.31. The zero-order valence-electron chi connectivity index (χ0n) is 15.9. The third-order valence-corrected chi connectivity index (χ3v) is 5.37.